The Balaban J connectivity index is 2.39. The number of nitrogens with two attached hydrogens (primary N) is 1. The van der Waals surface area contributed by atoms with Gasteiger partial charge in [0.15, 0.2) is 5.16 Å². The molecule has 0 amide bonds. The third kappa shape index (κ3) is 3.85. The highest BCUT2D eigenvalue weighted by Crippen LogP contribution is 2.35. The third-order valence-electron chi connectivity index (χ3n) is 2.67. The number of hydrogen-bond acceptors (Lipinski definition) is 4. The van der Waals surface area contributed by atoms with Gasteiger partial charge in [0.25, 0.3) is 5.56 Å². The Morgan fingerprint density at radius 1 is 1.33 bits per heavy atom. The molecule has 0 saturated carbocycles. The molecule has 2 aromatic rings. The van der Waals surface area contributed by atoms with Crippen LogP contribution in [-0.4, -0.2) is 9.97 Å². The molecule has 0 saturated heterocycles. The van der Waals surface area contributed by atoms with Crippen LogP contribution in [0.4, 0.5) is 13.2 Å². The number of aryl methyl sites for hydroxylation is 1. The molecule has 0 aliphatic rings. The standard InChI is InChI=1S/C13H12F3N3OS/c1-7-4-11(20)19-12(18-7)21-9-3-2-8(6-17)10(5-9)13(14,15)16/h2-5H,6,17H2,1H3,(H,18,19,20). The van der Waals surface area contributed by atoms with Gasteiger partial charge in [-0.25, -0.2) is 4.98 Å². The lowest BCUT2D eigenvalue weighted by Gasteiger charge is -2.13. The zero-order chi connectivity index (χ0) is 15.6. The second-order valence-electron chi connectivity index (χ2n) is 4.31. The van der Waals surface area contributed by atoms with Gasteiger partial charge in [0.05, 0.1) is 5.56 Å². The molecule has 8 heteroatoms. The fraction of sp³-hybridized carbons (Fsp3) is 0.231. The summed E-state index contributed by atoms with van der Waals surface area (Å²) in [6, 6.07) is 5.17. The molecule has 0 radical (unpaired) electrons. The number of nitrogens with one attached hydrogen (secondary N) is 1. The number of aromatic nitrogens is 2. The van der Waals surface area contributed by atoms with Crippen LogP contribution in [0, 0.1) is 6.92 Å². The maximum atomic E-state index is 12.9. The van der Waals surface area contributed by atoms with Gasteiger partial charge in [0.1, 0.15) is 0 Å². The minimum Gasteiger partial charge on any atom is -0.326 e. The van der Waals surface area contributed by atoms with Crippen LogP contribution in [0.3, 0.4) is 0 Å². The number of hydrogen-bond donors (Lipinski definition) is 2. The molecule has 0 spiro atoms. The van der Waals surface area contributed by atoms with Crippen LogP contribution in [0.2, 0.25) is 0 Å². The Hall–Kier alpha value is -1.80. The fourth-order valence-electron chi connectivity index (χ4n) is 1.77. The van der Waals surface area contributed by atoms with E-state index in [-0.39, 0.29) is 22.8 Å². The van der Waals surface area contributed by atoms with E-state index in [2.05, 4.69) is 9.97 Å². The van der Waals surface area contributed by atoms with Crippen LogP contribution in [0.25, 0.3) is 0 Å². The Morgan fingerprint density at radius 3 is 2.62 bits per heavy atom. The van der Waals surface area contributed by atoms with Crippen molar-refractivity contribution in [3.63, 3.8) is 0 Å². The summed E-state index contributed by atoms with van der Waals surface area (Å²) in [4.78, 5) is 18.2. The Labute approximate surface area is 122 Å². The number of nitrogens with zero attached hydrogens (tertiary/aromatic N) is 1. The molecule has 1 aromatic heterocycles. The predicted molar refractivity (Wildman–Crippen MR) is 73.1 cm³/mol. The van der Waals surface area contributed by atoms with Gasteiger partial charge in [-0.1, -0.05) is 17.8 Å². The van der Waals surface area contributed by atoms with Crippen molar-refractivity contribution in [1.29, 1.82) is 0 Å². The van der Waals surface area contributed by atoms with Crippen LogP contribution in [0.1, 0.15) is 16.8 Å². The summed E-state index contributed by atoms with van der Waals surface area (Å²) in [6.07, 6.45) is -4.47. The maximum absolute atomic E-state index is 12.9. The summed E-state index contributed by atoms with van der Waals surface area (Å²) in [6.45, 7) is 1.44. The second kappa shape index (κ2) is 5.90. The van der Waals surface area contributed by atoms with Crippen molar-refractivity contribution in [1.82, 2.24) is 9.97 Å². The quantitative estimate of drug-likeness (QED) is 0.854. The van der Waals surface area contributed by atoms with Crippen molar-refractivity contribution in [2.45, 2.75) is 29.7 Å². The lowest BCUT2D eigenvalue weighted by atomic mass is 10.1. The van der Waals surface area contributed by atoms with Crippen LogP contribution in [-0.2, 0) is 12.7 Å². The van der Waals surface area contributed by atoms with E-state index in [0.717, 1.165) is 17.8 Å². The first-order chi connectivity index (χ1) is 9.79. The molecule has 0 aliphatic carbocycles. The lowest BCUT2D eigenvalue weighted by Crippen LogP contribution is -2.12. The number of halogens is 3. The normalized spacial score (nSPS) is 11.7. The van der Waals surface area contributed by atoms with Crippen molar-refractivity contribution in [3.8, 4) is 0 Å². The third-order valence-corrected chi connectivity index (χ3v) is 3.55. The highest BCUT2D eigenvalue weighted by atomic mass is 32.2. The predicted octanol–water partition coefficient (Wildman–Crippen LogP) is 2.71. The smallest absolute Gasteiger partial charge is 0.326 e. The van der Waals surface area contributed by atoms with Crippen molar-refractivity contribution < 1.29 is 13.2 Å². The van der Waals surface area contributed by atoms with Gasteiger partial charge >= 0.3 is 6.18 Å². The molecule has 112 valence electrons. The number of H-pyrrole nitrogens is 1. The van der Waals surface area contributed by atoms with E-state index in [1.807, 2.05) is 0 Å². The Morgan fingerprint density at radius 2 is 2.05 bits per heavy atom. The van der Waals surface area contributed by atoms with Crippen molar-refractivity contribution in [2.24, 2.45) is 5.73 Å². The molecule has 3 N–H and O–H groups in total. The molecule has 2 rings (SSSR count). The van der Waals surface area contributed by atoms with Crippen molar-refractivity contribution in [3.05, 3.63) is 51.4 Å². The zero-order valence-corrected chi connectivity index (χ0v) is 11.8. The van der Waals surface area contributed by atoms with E-state index in [9.17, 15) is 18.0 Å². The lowest BCUT2D eigenvalue weighted by molar-refractivity contribution is -0.138. The summed E-state index contributed by atoms with van der Waals surface area (Å²) in [5, 5.41) is 0.244. The molecule has 0 fully saturated rings. The minimum atomic E-state index is -4.47. The van der Waals surface area contributed by atoms with Gasteiger partial charge in [-0.2, -0.15) is 13.2 Å². The van der Waals surface area contributed by atoms with Crippen molar-refractivity contribution in [2.75, 3.05) is 0 Å². The van der Waals surface area contributed by atoms with Gasteiger partial charge in [-0.15, -0.1) is 0 Å². The monoisotopic (exact) mass is 315 g/mol. The molecule has 0 atom stereocenters. The van der Waals surface area contributed by atoms with E-state index in [4.69, 9.17) is 5.73 Å². The Kier molecular flexibility index (Phi) is 4.38. The van der Waals surface area contributed by atoms with Gasteiger partial charge in [-0.3, -0.25) is 4.79 Å². The Bertz CT molecular complexity index is 713. The second-order valence-corrected chi connectivity index (χ2v) is 5.38. The maximum Gasteiger partial charge on any atom is 0.416 e. The molecule has 21 heavy (non-hydrogen) atoms. The number of rotatable bonds is 3. The summed E-state index contributed by atoms with van der Waals surface area (Å²) in [7, 11) is 0. The molecular formula is C13H12F3N3OS. The largest absolute Gasteiger partial charge is 0.416 e. The van der Waals surface area contributed by atoms with Crippen molar-refractivity contribution >= 4 is 11.8 Å². The average molecular weight is 315 g/mol. The van der Waals surface area contributed by atoms with Crippen LogP contribution >= 0.6 is 11.8 Å². The number of aromatic amines is 1. The zero-order valence-electron chi connectivity index (χ0n) is 11.0. The summed E-state index contributed by atoms with van der Waals surface area (Å²) in [5.41, 5.74) is 4.72. The van der Waals surface area contributed by atoms with Gasteiger partial charge in [0, 0.05) is 23.2 Å². The van der Waals surface area contributed by atoms with E-state index in [1.54, 1.807) is 6.92 Å². The fourth-order valence-corrected chi connectivity index (χ4v) is 2.65. The number of alkyl halides is 3. The van der Waals surface area contributed by atoms with Gasteiger partial charge in [-0.05, 0) is 24.6 Å². The SMILES string of the molecule is Cc1cc(=O)[nH]c(Sc2ccc(CN)c(C(F)(F)F)c2)n1. The topological polar surface area (TPSA) is 71.8 Å². The highest BCUT2D eigenvalue weighted by Gasteiger charge is 2.33. The van der Waals surface area contributed by atoms with E-state index in [1.165, 1.54) is 18.2 Å². The highest BCUT2D eigenvalue weighted by molar-refractivity contribution is 7.99. The number of benzene rings is 1. The average Bonchev–Trinajstić information content (AvgIpc) is 2.36. The van der Waals surface area contributed by atoms with E-state index >= 15 is 0 Å². The minimum absolute atomic E-state index is 0.0255. The summed E-state index contributed by atoms with van der Waals surface area (Å²) in [5.74, 6) is 0. The summed E-state index contributed by atoms with van der Waals surface area (Å²) < 4.78 is 38.8. The van der Waals surface area contributed by atoms with Crippen LogP contribution < -0.4 is 11.3 Å². The first kappa shape index (κ1) is 15.6. The van der Waals surface area contributed by atoms with E-state index < -0.39 is 11.7 Å². The summed E-state index contributed by atoms with van der Waals surface area (Å²) >= 11 is 0.958. The molecule has 1 heterocycles. The first-order valence-corrected chi connectivity index (χ1v) is 6.77. The molecule has 0 unspecified atom stereocenters. The van der Waals surface area contributed by atoms with Crippen LogP contribution in [0.15, 0.2) is 39.1 Å². The van der Waals surface area contributed by atoms with Gasteiger partial charge in [0.2, 0.25) is 0 Å². The van der Waals surface area contributed by atoms with Crippen LogP contribution in [0.5, 0.6) is 0 Å². The molecule has 4 nitrogen and oxygen atoms in total. The molecular weight excluding hydrogens is 303 g/mol. The molecule has 1 aromatic carbocycles. The molecule has 0 bridgehead atoms. The van der Waals surface area contributed by atoms with Gasteiger partial charge < -0.3 is 10.7 Å². The van der Waals surface area contributed by atoms with E-state index in [0.29, 0.717) is 10.6 Å². The first-order valence-electron chi connectivity index (χ1n) is 5.95. The molecule has 0 aliphatic heterocycles.